The van der Waals surface area contributed by atoms with Crippen LogP contribution in [0.2, 0.25) is 0 Å². The second kappa shape index (κ2) is 13.0. The minimum absolute atomic E-state index is 0.0711. The van der Waals surface area contributed by atoms with Crippen LogP contribution in [-0.2, 0) is 33.9 Å². The highest BCUT2D eigenvalue weighted by Crippen LogP contribution is 2.70. The topological polar surface area (TPSA) is 95.6 Å². The number of carbonyl (C=O) groups excluding carboxylic acids is 2. The fraction of sp³-hybridized carbons (Fsp3) is 0.944. The van der Waals surface area contributed by atoms with Gasteiger partial charge in [-0.1, -0.05) is 27.2 Å². The molecule has 0 aromatic rings. The molecule has 0 radical (unpaired) electrons. The summed E-state index contributed by atoms with van der Waals surface area (Å²) in [6, 6.07) is 0. The zero-order valence-corrected chi connectivity index (χ0v) is 28.9. The molecule has 5 saturated carbocycles. The van der Waals surface area contributed by atoms with Crippen LogP contribution in [0.3, 0.4) is 0 Å². The molecular weight excluding hydrogens is 572 g/mol. The summed E-state index contributed by atoms with van der Waals surface area (Å²) in [5, 5.41) is 3.08. The van der Waals surface area contributed by atoms with Gasteiger partial charge in [0.15, 0.2) is 0 Å². The molecule has 6 fully saturated rings. The minimum atomic E-state index is -0.829. The third-order valence-corrected chi connectivity index (χ3v) is 13.8. The van der Waals surface area contributed by atoms with Crippen LogP contribution in [0, 0.1) is 46.3 Å². The maximum Gasteiger partial charge on any atom is 0.302 e. The van der Waals surface area contributed by atoms with Gasteiger partial charge in [-0.2, -0.15) is 19.6 Å². The van der Waals surface area contributed by atoms with Crippen molar-refractivity contribution in [3.05, 3.63) is 0 Å². The van der Waals surface area contributed by atoms with Crippen LogP contribution in [0.5, 0.6) is 0 Å². The van der Waals surface area contributed by atoms with Crippen molar-refractivity contribution in [2.45, 2.75) is 142 Å². The standard InChI is InChI=1S/C36H60N2O7/c1-24(10-15-32(40)37-20-21-38(5)6)28-13-14-29-27-12-11-26-23-36(44-42-35(43-45-36)16-8-7-9-17-35)19-18-33(26,3)30(27)22-31(34(28,29)4)41-25(2)39/h24,26-31H,7-23H2,1-6H3,(H,37,40)/t24-,26-,27+,28-,29+,30+,31+,33+,34-/m1/s1. The SMILES string of the molecule is CC(=O)O[C@H]1C[C@H]2[C@@H](CC[C@@H]3CC4(CC[C@@]32C)OOC2(CCCCC2)OO4)[C@@H]2CC[C@H]([C@H](C)CCC(=O)NCCN(C)C)[C@@]12C. The van der Waals surface area contributed by atoms with Gasteiger partial charge in [0, 0.05) is 57.5 Å². The molecule has 9 heteroatoms. The zero-order chi connectivity index (χ0) is 32.0. The van der Waals surface area contributed by atoms with E-state index < -0.39 is 11.6 Å². The first kappa shape index (κ1) is 33.6. The molecule has 6 rings (SSSR count). The Kier molecular flexibility index (Phi) is 9.70. The summed E-state index contributed by atoms with van der Waals surface area (Å²) in [5.74, 6) is 1.30. The van der Waals surface area contributed by atoms with Gasteiger partial charge in [0.1, 0.15) is 6.10 Å². The number of hydrogen-bond donors (Lipinski definition) is 1. The van der Waals surface area contributed by atoms with Gasteiger partial charge in [0.05, 0.1) is 0 Å². The summed E-state index contributed by atoms with van der Waals surface area (Å²) in [6.07, 6.45) is 14.4. The van der Waals surface area contributed by atoms with Crippen LogP contribution in [0.4, 0.5) is 0 Å². The highest BCUT2D eigenvalue weighted by Gasteiger charge is 2.66. The Bertz CT molecular complexity index is 1070. The first-order valence-corrected chi connectivity index (χ1v) is 18.2. The highest BCUT2D eigenvalue weighted by atomic mass is 17.4. The fourth-order valence-corrected chi connectivity index (χ4v) is 11.3. The summed E-state index contributed by atoms with van der Waals surface area (Å²) >= 11 is 0. The maximum atomic E-state index is 12.6. The highest BCUT2D eigenvalue weighted by molar-refractivity contribution is 5.75. The molecule has 2 spiro atoms. The number of hydrogen-bond acceptors (Lipinski definition) is 8. The number of fused-ring (bicyclic) bond motifs is 5. The molecular formula is C36H60N2O7. The lowest BCUT2D eigenvalue weighted by atomic mass is 9.43. The van der Waals surface area contributed by atoms with Crippen LogP contribution < -0.4 is 5.32 Å². The lowest BCUT2D eigenvalue weighted by molar-refractivity contribution is -0.665. The minimum Gasteiger partial charge on any atom is -0.462 e. The van der Waals surface area contributed by atoms with Crippen molar-refractivity contribution in [2.75, 3.05) is 27.2 Å². The Balaban J connectivity index is 1.14. The van der Waals surface area contributed by atoms with Gasteiger partial charge in [-0.05, 0) is 113 Å². The van der Waals surface area contributed by atoms with Crippen LogP contribution in [-0.4, -0.2) is 61.6 Å². The van der Waals surface area contributed by atoms with E-state index >= 15 is 0 Å². The molecule has 1 N–H and O–H groups in total. The molecule has 1 amide bonds. The summed E-state index contributed by atoms with van der Waals surface area (Å²) in [4.78, 5) is 51.7. The van der Waals surface area contributed by atoms with Crippen molar-refractivity contribution in [3.63, 3.8) is 0 Å². The van der Waals surface area contributed by atoms with E-state index in [1.807, 2.05) is 14.1 Å². The molecule has 1 saturated heterocycles. The second-order valence-corrected chi connectivity index (χ2v) is 16.6. The van der Waals surface area contributed by atoms with E-state index in [9.17, 15) is 9.59 Å². The Morgan fingerprint density at radius 2 is 1.62 bits per heavy atom. The summed E-state index contributed by atoms with van der Waals surface area (Å²) in [6.45, 7) is 10.3. The quantitative estimate of drug-likeness (QED) is 0.238. The molecule has 0 unspecified atom stereocenters. The Morgan fingerprint density at radius 3 is 2.31 bits per heavy atom. The number of carbonyl (C=O) groups is 2. The Morgan fingerprint density at radius 1 is 0.911 bits per heavy atom. The molecule has 5 aliphatic carbocycles. The molecule has 1 aliphatic heterocycles. The number of amides is 1. The normalized spacial score (nSPS) is 40.8. The molecule has 0 aromatic heterocycles. The van der Waals surface area contributed by atoms with E-state index in [-0.39, 0.29) is 28.8 Å². The molecule has 9 atom stereocenters. The smallest absolute Gasteiger partial charge is 0.302 e. The van der Waals surface area contributed by atoms with Crippen LogP contribution in [0.1, 0.15) is 124 Å². The lowest BCUT2D eigenvalue weighted by Gasteiger charge is -2.63. The van der Waals surface area contributed by atoms with Gasteiger partial charge in [-0.3, -0.25) is 9.59 Å². The number of esters is 1. The molecule has 6 aliphatic rings. The molecule has 0 bridgehead atoms. The third-order valence-electron chi connectivity index (χ3n) is 13.8. The van der Waals surface area contributed by atoms with Gasteiger partial charge < -0.3 is 15.0 Å². The molecule has 9 nitrogen and oxygen atoms in total. The molecule has 256 valence electrons. The lowest BCUT2D eigenvalue weighted by Crippen LogP contribution is -2.62. The van der Waals surface area contributed by atoms with E-state index in [0.717, 1.165) is 77.2 Å². The third kappa shape index (κ3) is 6.34. The van der Waals surface area contributed by atoms with Gasteiger partial charge >= 0.3 is 5.97 Å². The number of nitrogens with zero attached hydrogens (tertiary/aromatic N) is 1. The van der Waals surface area contributed by atoms with Gasteiger partial charge in [0.25, 0.3) is 0 Å². The zero-order valence-electron chi connectivity index (χ0n) is 28.9. The van der Waals surface area contributed by atoms with Crippen LogP contribution in [0.15, 0.2) is 0 Å². The maximum absolute atomic E-state index is 12.6. The van der Waals surface area contributed by atoms with Gasteiger partial charge in [-0.25, -0.2) is 0 Å². The molecule has 45 heavy (non-hydrogen) atoms. The summed E-state index contributed by atoms with van der Waals surface area (Å²) in [7, 11) is 4.04. The van der Waals surface area contributed by atoms with E-state index in [1.165, 1.54) is 19.3 Å². The molecule has 0 aromatic carbocycles. The van der Waals surface area contributed by atoms with E-state index in [0.29, 0.717) is 48.5 Å². The summed E-state index contributed by atoms with van der Waals surface area (Å²) in [5.41, 5.74) is 0.0489. The molecule has 1 heterocycles. The predicted molar refractivity (Wildman–Crippen MR) is 169 cm³/mol. The van der Waals surface area contributed by atoms with Crippen molar-refractivity contribution in [3.8, 4) is 0 Å². The first-order chi connectivity index (χ1) is 21.4. The number of nitrogens with one attached hydrogen (secondary N) is 1. The van der Waals surface area contributed by atoms with Crippen LogP contribution >= 0.6 is 0 Å². The van der Waals surface area contributed by atoms with E-state index in [4.69, 9.17) is 24.3 Å². The number of rotatable bonds is 8. The number of ether oxygens (including phenoxy) is 1. The van der Waals surface area contributed by atoms with E-state index in [2.05, 4.69) is 31.0 Å². The Hall–Kier alpha value is -1.26. The van der Waals surface area contributed by atoms with Crippen molar-refractivity contribution in [1.29, 1.82) is 0 Å². The Labute approximate surface area is 271 Å². The fourth-order valence-electron chi connectivity index (χ4n) is 11.3. The predicted octanol–water partition coefficient (Wildman–Crippen LogP) is 6.55. The van der Waals surface area contributed by atoms with E-state index in [1.54, 1.807) is 6.92 Å². The van der Waals surface area contributed by atoms with Crippen molar-refractivity contribution in [2.24, 2.45) is 46.3 Å². The average molecular weight is 633 g/mol. The van der Waals surface area contributed by atoms with Crippen LogP contribution in [0.25, 0.3) is 0 Å². The van der Waals surface area contributed by atoms with Gasteiger partial charge in [-0.15, -0.1) is 0 Å². The monoisotopic (exact) mass is 632 g/mol. The van der Waals surface area contributed by atoms with Crippen molar-refractivity contribution >= 4 is 11.9 Å². The largest absolute Gasteiger partial charge is 0.462 e. The average Bonchev–Trinajstić information content (AvgIpc) is 3.37. The summed E-state index contributed by atoms with van der Waals surface area (Å²) < 4.78 is 6.32. The van der Waals surface area contributed by atoms with Gasteiger partial charge in [0.2, 0.25) is 17.5 Å². The first-order valence-electron chi connectivity index (χ1n) is 18.2. The van der Waals surface area contributed by atoms with Crippen molar-refractivity contribution < 1.29 is 33.9 Å². The second-order valence-electron chi connectivity index (χ2n) is 16.6. The number of likely N-dealkylation sites (N-methyl/N-ethyl adjacent to an activating group) is 1. The van der Waals surface area contributed by atoms with Crippen molar-refractivity contribution in [1.82, 2.24) is 10.2 Å².